The van der Waals surface area contributed by atoms with Crippen molar-refractivity contribution in [3.8, 4) is 0 Å². The van der Waals surface area contributed by atoms with Gasteiger partial charge >= 0.3 is 11.9 Å². The maximum Gasteiger partial charge on any atom is 0.344 e. The maximum absolute atomic E-state index is 11.8. The van der Waals surface area contributed by atoms with E-state index < -0.39 is 17.5 Å². The summed E-state index contributed by atoms with van der Waals surface area (Å²) in [7, 11) is 0. The lowest BCUT2D eigenvalue weighted by molar-refractivity contribution is -0.173. The van der Waals surface area contributed by atoms with Gasteiger partial charge < -0.3 is 9.47 Å². The van der Waals surface area contributed by atoms with E-state index in [2.05, 4.69) is 13.2 Å². The smallest absolute Gasteiger partial charge is 0.344 e. The molecule has 2 aliphatic rings. The SMILES string of the molecule is C=CCC1(OC(=O)COC(=O)C=C)CC2CCC1C2. The normalized spacial score (nSPS) is 31.8. The molecule has 0 radical (unpaired) electrons. The third-order valence-electron chi connectivity index (χ3n) is 4.23. The van der Waals surface area contributed by atoms with E-state index >= 15 is 0 Å². The van der Waals surface area contributed by atoms with Crippen molar-refractivity contribution < 1.29 is 19.1 Å². The zero-order valence-electron chi connectivity index (χ0n) is 11.1. The van der Waals surface area contributed by atoms with Gasteiger partial charge in [0.05, 0.1) is 0 Å². The summed E-state index contributed by atoms with van der Waals surface area (Å²) in [5.74, 6) is -0.00436. The highest BCUT2D eigenvalue weighted by molar-refractivity contribution is 5.83. The van der Waals surface area contributed by atoms with Crippen molar-refractivity contribution in [1.29, 1.82) is 0 Å². The van der Waals surface area contributed by atoms with Crippen molar-refractivity contribution in [1.82, 2.24) is 0 Å². The zero-order chi connectivity index (χ0) is 13.9. The molecule has 0 amide bonds. The Kier molecular flexibility index (Phi) is 4.08. The molecule has 3 unspecified atom stereocenters. The first-order chi connectivity index (χ1) is 9.09. The molecule has 104 valence electrons. The molecule has 2 rings (SSSR count). The summed E-state index contributed by atoms with van der Waals surface area (Å²) in [5.41, 5.74) is -0.414. The second kappa shape index (κ2) is 5.59. The Morgan fingerprint density at radius 1 is 1.32 bits per heavy atom. The predicted octanol–water partition coefficient (Wildman–Crippen LogP) is 2.39. The van der Waals surface area contributed by atoms with Gasteiger partial charge in [-0.1, -0.05) is 12.7 Å². The van der Waals surface area contributed by atoms with Crippen molar-refractivity contribution in [2.24, 2.45) is 11.8 Å². The Bertz CT molecular complexity index is 401. The molecule has 2 bridgehead atoms. The van der Waals surface area contributed by atoms with Gasteiger partial charge in [-0.15, -0.1) is 6.58 Å². The van der Waals surface area contributed by atoms with Crippen LogP contribution in [0.4, 0.5) is 0 Å². The van der Waals surface area contributed by atoms with Crippen LogP contribution in [0.5, 0.6) is 0 Å². The molecule has 2 aliphatic carbocycles. The van der Waals surface area contributed by atoms with Gasteiger partial charge in [0.15, 0.2) is 6.61 Å². The average Bonchev–Trinajstić information content (AvgIpc) is 2.96. The molecule has 2 saturated carbocycles. The van der Waals surface area contributed by atoms with Crippen LogP contribution in [0.3, 0.4) is 0 Å². The molecule has 2 fully saturated rings. The Morgan fingerprint density at radius 3 is 2.63 bits per heavy atom. The second-order valence-corrected chi connectivity index (χ2v) is 5.42. The number of carbonyl (C=O) groups is 2. The average molecular weight is 264 g/mol. The molecule has 0 aromatic heterocycles. The fraction of sp³-hybridized carbons (Fsp3) is 0.600. The van der Waals surface area contributed by atoms with Crippen molar-refractivity contribution >= 4 is 11.9 Å². The van der Waals surface area contributed by atoms with Gasteiger partial charge in [-0.2, -0.15) is 0 Å². The molecule has 0 heterocycles. The first kappa shape index (κ1) is 13.8. The standard InChI is InChI=1S/C15H20O4/c1-3-7-15(9-11-5-6-12(15)8-11)19-14(17)10-18-13(16)4-2/h3-4,11-12H,1-2,5-10H2. The van der Waals surface area contributed by atoms with E-state index in [1.54, 1.807) is 0 Å². The van der Waals surface area contributed by atoms with Gasteiger partial charge in [0, 0.05) is 12.5 Å². The minimum atomic E-state index is -0.609. The van der Waals surface area contributed by atoms with Gasteiger partial charge in [0.25, 0.3) is 0 Å². The molecule has 19 heavy (non-hydrogen) atoms. The number of hydrogen-bond acceptors (Lipinski definition) is 4. The van der Waals surface area contributed by atoms with Gasteiger partial charge in [0.2, 0.25) is 0 Å². The maximum atomic E-state index is 11.8. The minimum Gasteiger partial charge on any atom is -0.456 e. The van der Waals surface area contributed by atoms with E-state index in [1.807, 2.05) is 6.08 Å². The minimum absolute atomic E-state index is 0.346. The fourth-order valence-electron chi connectivity index (χ4n) is 3.50. The number of carbonyl (C=O) groups excluding carboxylic acids is 2. The quantitative estimate of drug-likeness (QED) is 0.420. The molecule has 0 aliphatic heterocycles. The predicted molar refractivity (Wildman–Crippen MR) is 70.2 cm³/mol. The monoisotopic (exact) mass is 264 g/mol. The lowest BCUT2D eigenvalue weighted by Crippen LogP contribution is -2.41. The molecule has 4 heteroatoms. The molecule has 0 aromatic rings. The van der Waals surface area contributed by atoms with Crippen LogP contribution < -0.4 is 0 Å². The van der Waals surface area contributed by atoms with Crippen molar-refractivity contribution in [3.05, 3.63) is 25.3 Å². The Balaban J connectivity index is 1.94. The first-order valence-corrected chi connectivity index (χ1v) is 6.71. The summed E-state index contributed by atoms with van der Waals surface area (Å²) < 4.78 is 10.4. The van der Waals surface area contributed by atoms with Crippen LogP contribution in [-0.2, 0) is 19.1 Å². The van der Waals surface area contributed by atoms with E-state index in [9.17, 15) is 9.59 Å². The van der Waals surface area contributed by atoms with E-state index in [4.69, 9.17) is 9.47 Å². The summed E-state index contributed by atoms with van der Waals surface area (Å²) in [5, 5.41) is 0. The molecule has 0 spiro atoms. The third kappa shape index (κ3) is 2.88. The van der Waals surface area contributed by atoms with Crippen LogP contribution in [0, 0.1) is 11.8 Å². The van der Waals surface area contributed by atoms with Crippen molar-refractivity contribution in [2.75, 3.05) is 6.61 Å². The summed E-state index contributed by atoms with van der Waals surface area (Å²) in [6.07, 6.45) is 7.90. The highest BCUT2D eigenvalue weighted by Crippen LogP contribution is 2.54. The lowest BCUT2D eigenvalue weighted by atomic mass is 9.81. The molecule has 4 nitrogen and oxygen atoms in total. The number of esters is 2. The second-order valence-electron chi connectivity index (χ2n) is 5.42. The van der Waals surface area contributed by atoms with E-state index in [-0.39, 0.29) is 6.61 Å². The van der Waals surface area contributed by atoms with Gasteiger partial charge in [0.1, 0.15) is 5.60 Å². The van der Waals surface area contributed by atoms with Crippen LogP contribution in [0.1, 0.15) is 32.1 Å². The number of hydrogen-bond donors (Lipinski definition) is 0. The largest absolute Gasteiger partial charge is 0.456 e. The number of fused-ring (bicyclic) bond motifs is 2. The molecule has 3 atom stereocenters. The van der Waals surface area contributed by atoms with E-state index in [1.165, 1.54) is 6.42 Å². The van der Waals surface area contributed by atoms with Crippen LogP contribution in [-0.4, -0.2) is 24.1 Å². The van der Waals surface area contributed by atoms with Crippen molar-refractivity contribution in [3.63, 3.8) is 0 Å². The Hall–Kier alpha value is -1.58. The van der Waals surface area contributed by atoms with E-state index in [0.29, 0.717) is 18.3 Å². The molecular weight excluding hydrogens is 244 g/mol. The van der Waals surface area contributed by atoms with Gasteiger partial charge in [-0.25, -0.2) is 9.59 Å². The highest BCUT2D eigenvalue weighted by Gasteiger charge is 2.52. The fourth-order valence-corrected chi connectivity index (χ4v) is 3.50. The third-order valence-corrected chi connectivity index (χ3v) is 4.23. The highest BCUT2D eigenvalue weighted by atomic mass is 16.6. The first-order valence-electron chi connectivity index (χ1n) is 6.71. The van der Waals surface area contributed by atoms with E-state index in [0.717, 1.165) is 25.3 Å². The number of ether oxygens (including phenoxy) is 2. The van der Waals surface area contributed by atoms with Gasteiger partial charge in [-0.05, 0) is 37.5 Å². The number of rotatable bonds is 6. The lowest BCUT2D eigenvalue weighted by Gasteiger charge is -2.36. The van der Waals surface area contributed by atoms with Crippen LogP contribution in [0.2, 0.25) is 0 Å². The Morgan fingerprint density at radius 2 is 2.11 bits per heavy atom. The summed E-state index contributed by atoms with van der Waals surface area (Å²) in [6, 6.07) is 0. The summed E-state index contributed by atoms with van der Waals surface area (Å²) in [4.78, 5) is 22.7. The topological polar surface area (TPSA) is 52.6 Å². The van der Waals surface area contributed by atoms with Gasteiger partial charge in [-0.3, -0.25) is 0 Å². The van der Waals surface area contributed by atoms with Crippen LogP contribution >= 0.6 is 0 Å². The van der Waals surface area contributed by atoms with Crippen LogP contribution in [0.25, 0.3) is 0 Å². The zero-order valence-corrected chi connectivity index (χ0v) is 11.1. The Labute approximate surface area is 113 Å². The summed E-state index contributed by atoms with van der Waals surface area (Å²) >= 11 is 0. The molecule has 0 saturated heterocycles. The summed E-state index contributed by atoms with van der Waals surface area (Å²) in [6.45, 7) is 6.69. The molecular formula is C15H20O4. The molecule has 0 aromatic carbocycles. The van der Waals surface area contributed by atoms with Crippen LogP contribution in [0.15, 0.2) is 25.3 Å². The molecule has 0 N–H and O–H groups in total. The van der Waals surface area contributed by atoms with Crippen molar-refractivity contribution in [2.45, 2.75) is 37.7 Å².